The van der Waals surface area contributed by atoms with Crippen LogP contribution in [0.15, 0.2) is 24.3 Å². The van der Waals surface area contributed by atoms with Gasteiger partial charge in [-0.2, -0.15) is 0 Å². The molecule has 1 saturated heterocycles. The van der Waals surface area contributed by atoms with Crippen molar-refractivity contribution >= 4 is 17.5 Å². The first-order chi connectivity index (χ1) is 9.04. The Kier molecular flexibility index (Phi) is 4.03. The Labute approximate surface area is 114 Å². The first kappa shape index (κ1) is 13.8. The molecule has 1 fully saturated rings. The van der Waals surface area contributed by atoms with E-state index in [4.69, 9.17) is 0 Å². The van der Waals surface area contributed by atoms with Gasteiger partial charge in [-0.1, -0.05) is 32.9 Å². The number of hydrogen-bond acceptors (Lipinski definition) is 2. The second-order valence-corrected chi connectivity index (χ2v) is 5.46. The fourth-order valence-corrected chi connectivity index (χ4v) is 2.50. The Morgan fingerprint density at radius 1 is 1.21 bits per heavy atom. The van der Waals surface area contributed by atoms with Crippen LogP contribution >= 0.6 is 0 Å². The van der Waals surface area contributed by atoms with Gasteiger partial charge < -0.3 is 0 Å². The van der Waals surface area contributed by atoms with E-state index < -0.39 is 0 Å². The molecule has 0 aromatic heterocycles. The fraction of sp³-hybridized carbons (Fsp3) is 0.500. The molecule has 2 rings (SSSR count). The standard InChI is InChI=1S/C16H21NO2/c1-4-12-7-10-15(18)17(16(12)19)14-8-5-13(6-9-14)11(2)3/h5-6,8-9,11-12H,4,7,10H2,1-3H3. The first-order valence-electron chi connectivity index (χ1n) is 7.01. The monoisotopic (exact) mass is 259 g/mol. The summed E-state index contributed by atoms with van der Waals surface area (Å²) in [5.41, 5.74) is 1.92. The maximum Gasteiger partial charge on any atom is 0.236 e. The molecule has 3 nitrogen and oxygen atoms in total. The van der Waals surface area contributed by atoms with E-state index in [1.165, 1.54) is 10.5 Å². The van der Waals surface area contributed by atoms with Gasteiger partial charge in [-0.15, -0.1) is 0 Å². The first-order valence-corrected chi connectivity index (χ1v) is 7.01. The lowest BCUT2D eigenvalue weighted by atomic mass is 9.93. The predicted octanol–water partition coefficient (Wildman–Crippen LogP) is 3.49. The summed E-state index contributed by atoms with van der Waals surface area (Å²) in [5, 5.41) is 0. The van der Waals surface area contributed by atoms with Crippen molar-refractivity contribution in [1.82, 2.24) is 0 Å². The quantitative estimate of drug-likeness (QED) is 0.779. The molecule has 19 heavy (non-hydrogen) atoms. The highest BCUT2D eigenvalue weighted by Gasteiger charge is 2.34. The van der Waals surface area contributed by atoms with E-state index in [9.17, 15) is 9.59 Å². The molecular weight excluding hydrogens is 238 g/mol. The molecule has 3 heteroatoms. The summed E-state index contributed by atoms with van der Waals surface area (Å²) in [6.45, 7) is 6.25. The lowest BCUT2D eigenvalue weighted by molar-refractivity contribution is -0.132. The number of rotatable bonds is 3. The smallest absolute Gasteiger partial charge is 0.236 e. The molecular formula is C16H21NO2. The van der Waals surface area contributed by atoms with Crippen LogP contribution in [-0.4, -0.2) is 11.8 Å². The molecule has 0 spiro atoms. The van der Waals surface area contributed by atoms with Gasteiger partial charge in [0, 0.05) is 12.3 Å². The van der Waals surface area contributed by atoms with Gasteiger partial charge in [-0.25, -0.2) is 0 Å². The number of carbonyl (C=O) groups excluding carboxylic acids is 2. The third-order valence-electron chi connectivity index (χ3n) is 3.84. The topological polar surface area (TPSA) is 37.4 Å². The average Bonchev–Trinajstić information content (AvgIpc) is 2.39. The Morgan fingerprint density at radius 2 is 1.84 bits per heavy atom. The van der Waals surface area contributed by atoms with Crippen LogP contribution in [-0.2, 0) is 9.59 Å². The summed E-state index contributed by atoms with van der Waals surface area (Å²) in [4.78, 5) is 25.6. The van der Waals surface area contributed by atoms with Crippen molar-refractivity contribution in [2.24, 2.45) is 5.92 Å². The molecule has 0 N–H and O–H groups in total. The molecule has 0 bridgehead atoms. The number of amides is 2. The van der Waals surface area contributed by atoms with Gasteiger partial charge >= 0.3 is 0 Å². The summed E-state index contributed by atoms with van der Waals surface area (Å²) < 4.78 is 0. The van der Waals surface area contributed by atoms with Crippen LogP contribution in [0.3, 0.4) is 0 Å². The Morgan fingerprint density at radius 3 is 2.37 bits per heavy atom. The normalized spacial score (nSPS) is 20.2. The van der Waals surface area contributed by atoms with Crippen LogP contribution in [0.4, 0.5) is 5.69 Å². The third-order valence-corrected chi connectivity index (χ3v) is 3.84. The van der Waals surface area contributed by atoms with E-state index >= 15 is 0 Å². The molecule has 1 aliphatic rings. The minimum absolute atomic E-state index is 0.0116. The summed E-state index contributed by atoms with van der Waals surface area (Å²) in [7, 11) is 0. The van der Waals surface area contributed by atoms with Crippen LogP contribution in [0.1, 0.15) is 51.5 Å². The molecule has 1 unspecified atom stereocenters. The number of benzene rings is 1. The zero-order chi connectivity index (χ0) is 14.0. The van der Waals surface area contributed by atoms with E-state index in [0.29, 0.717) is 24.4 Å². The summed E-state index contributed by atoms with van der Waals surface area (Å²) in [5.74, 6) is 0.315. The third kappa shape index (κ3) is 2.70. The lowest BCUT2D eigenvalue weighted by Gasteiger charge is -2.30. The number of anilines is 1. The van der Waals surface area contributed by atoms with Crippen LogP contribution in [0.5, 0.6) is 0 Å². The average molecular weight is 259 g/mol. The Hall–Kier alpha value is -1.64. The van der Waals surface area contributed by atoms with Gasteiger partial charge in [0.1, 0.15) is 0 Å². The molecule has 2 amide bonds. The van der Waals surface area contributed by atoms with Gasteiger partial charge in [0.05, 0.1) is 5.69 Å². The van der Waals surface area contributed by atoms with E-state index in [-0.39, 0.29) is 17.7 Å². The van der Waals surface area contributed by atoms with Gasteiger partial charge in [0.2, 0.25) is 11.8 Å². The van der Waals surface area contributed by atoms with E-state index in [1.807, 2.05) is 31.2 Å². The van der Waals surface area contributed by atoms with Crippen molar-refractivity contribution < 1.29 is 9.59 Å². The maximum absolute atomic E-state index is 12.3. The lowest BCUT2D eigenvalue weighted by Crippen LogP contribution is -2.45. The molecule has 1 aromatic rings. The minimum atomic E-state index is -0.0769. The van der Waals surface area contributed by atoms with Crippen molar-refractivity contribution in [3.63, 3.8) is 0 Å². The van der Waals surface area contributed by atoms with E-state index in [1.54, 1.807) is 0 Å². The molecule has 0 radical (unpaired) electrons. The van der Waals surface area contributed by atoms with Gasteiger partial charge in [-0.3, -0.25) is 14.5 Å². The summed E-state index contributed by atoms with van der Waals surface area (Å²) in [6.07, 6.45) is 1.96. The van der Waals surface area contributed by atoms with Crippen molar-refractivity contribution in [2.75, 3.05) is 4.90 Å². The number of nitrogens with zero attached hydrogens (tertiary/aromatic N) is 1. The SMILES string of the molecule is CCC1CCC(=O)N(c2ccc(C(C)C)cc2)C1=O. The highest BCUT2D eigenvalue weighted by Crippen LogP contribution is 2.28. The molecule has 0 saturated carbocycles. The zero-order valence-corrected chi connectivity index (χ0v) is 11.8. The predicted molar refractivity (Wildman–Crippen MR) is 76.0 cm³/mol. The Bertz CT molecular complexity index is 476. The second kappa shape index (κ2) is 5.55. The van der Waals surface area contributed by atoms with Crippen LogP contribution < -0.4 is 4.90 Å². The number of piperidine rings is 1. The molecule has 0 aliphatic carbocycles. The van der Waals surface area contributed by atoms with Crippen LogP contribution in [0.2, 0.25) is 0 Å². The number of hydrogen-bond donors (Lipinski definition) is 0. The minimum Gasteiger partial charge on any atom is -0.274 e. The summed E-state index contributed by atoms with van der Waals surface area (Å²) >= 11 is 0. The van der Waals surface area contributed by atoms with E-state index in [2.05, 4.69) is 13.8 Å². The molecule has 102 valence electrons. The van der Waals surface area contributed by atoms with Crippen molar-refractivity contribution in [2.45, 2.75) is 46.0 Å². The van der Waals surface area contributed by atoms with Gasteiger partial charge in [0.15, 0.2) is 0 Å². The van der Waals surface area contributed by atoms with Crippen LogP contribution in [0, 0.1) is 5.92 Å². The van der Waals surface area contributed by atoms with Crippen LogP contribution in [0.25, 0.3) is 0 Å². The fourth-order valence-electron chi connectivity index (χ4n) is 2.50. The van der Waals surface area contributed by atoms with Crippen molar-refractivity contribution in [1.29, 1.82) is 0 Å². The number of imide groups is 1. The molecule has 1 aromatic carbocycles. The largest absolute Gasteiger partial charge is 0.274 e. The van der Waals surface area contributed by atoms with Crippen molar-refractivity contribution in [3.05, 3.63) is 29.8 Å². The molecule has 1 atom stereocenters. The zero-order valence-electron chi connectivity index (χ0n) is 11.8. The molecule has 1 heterocycles. The van der Waals surface area contributed by atoms with Crippen molar-refractivity contribution in [3.8, 4) is 0 Å². The second-order valence-electron chi connectivity index (χ2n) is 5.46. The maximum atomic E-state index is 12.3. The summed E-state index contributed by atoms with van der Waals surface area (Å²) in [6, 6.07) is 7.75. The van der Waals surface area contributed by atoms with E-state index in [0.717, 1.165) is 6.42 Å². The Balaban J connectivity index is 2.28. The van der Waals surface area contributed by atoms with Gasteiger partial charge in [0.25, 0.3) is 0 Å². The van der Waals surface area contributed by atoms with Gasteiger partial charge in [-0.05, 0) is 36.5 Å². The number of carbonyl (C=O) groups is 2. The highest BCUT2D eigenvalue weighted by atomic mass is 16.2. The highest BCUT2D eigenvalue weighted by molar-refractivity contribution is 6.17. The molecule has 1 aliphatic heterocycles.